The van der Waals surface area contributed by atoms with Gasteiger partial charge in [-0.15, -0.1) is 0 Å². The average Bonchev–Trinajstić information content (AvgIpc) is 3.85. The number of H-pyrrole nitrogens is 1. The summed E-state index contributed by atoms with van der Waals surface area (Å²) in [5.74, 6) is 0.676. The van der Waals surface area contributed by atoms with Crippen molar-refractivity contribution in [3.05, 3.63) is 164 Å². The molecule has 0 amide bonds. The summed E-state index contributed by atoms with van der Waals surface area (Å²) in [4.78, 5) is 13.9. The van der Waals surface area contributed by atoms with E-state index in [0.29, 0.717) is 5.82 Å². The van der Waals surface area contributed by atoms with Gasteiger partial charge in [-0.25, -0.2) is 9.97 Å². The average molecular weight is 653 g/mol. The van der Waals surface area contributed by atoms with Gasteiger partial charge in [0.15, 0.2) is 5.82 Å². The Kier molecular flexibility index (Phi) is 5.89. The van der Waals surface area contributed by atoms with Crippen LogP contribution in [0.5, 0.6) is 0 Å². The fourth-order valence-corrected chi connectivity index (χ4v) is 7.73. The van der Waals surface area contributed by atoms with E-state index >= 15 is 0 Å². The number of nitrogens with one attached hydrogen (secondary N) is 1. The van der Waals surface area contributed by atoms with E-state index in [1.165, 1.54) is 21.5 Å². The number of benzene rings is 7. The molecule has 4 heterocycles. The standard InChI is InChI=1S/C46H28N4O/c1-3-12-28(13-4-1)39-25-40(29-14-5-2-6-15-29)49-46(48-39)30-16-11-17-31(22-30)50-42-26-41-34(32-18-7-9-20-38(32)47-41)23-35(42)36-24-37-33-19-8-10-21-44(33)51-45(37)27-43(36)50/h1-27,47H. The van der Waals surface area contributed by atoms with Crippen LogP contribution < -0.4 is 0 Å². The maximum atomic E-state index is 6.43. The van der Waals surface area contributed by atoms with E-state index in [1.54, 1.807) is 0 Å². The van der Waals surface area contributed by atoms with Crippen molar-refractivity contribution in [2.45, 2.75) is 0 Å². The highest BCUT2D eigenvalue weighted by Gasteiger charge is 2.19. The normalized spacial score (nSPS) is 11.9. The van der Waals surface area contributed by atoms with Crippen LogP contribution in [0.15, 0.2) is 168 Å². The van der Waals surface area contributed by atoms with Crippen molar-refractivity contribution in [2.24, 2.45) is 0 Å². The predicted molar refractivity (Wildman–Crippen MR) is 209 cm³/mol. The van der Waals surface area contributed by atoms with Crippen molar-refractivity contribution in [3.63, 3.8) is 0 Å². The number of aromatic nitrogens is 4. The van der Waals surface area contributed by atoms with E-state index in [4.69, 9.17) is 14.4 Å². The Morgan fingerprint density at radius 2 is 1.04 bits per heavy atom. The van der Waals surface area contributed by atoms with E-state index in [-0.39, 0.29) is 0 Å². The zero-order valence-electron chi connectivity index (χ0n) is 27.3. The molecule has 0 aliphatic heterocycles. The molecule has 0 spiro atoms. The van der Waals surface area contributed by atoms with Gasteiger partial charge in [-0.05, 0) is 48.5 Å². The molecule has 1 N–H and O–H groups in total. The Labute approximate surface area is 292 Å². The predicted octanol–water partition coefficient (Wildman–Crippen LogP) is 12.1. The molecule has 0 bridgehead atoms. The zero-order valence-corrected chi connectivity index (χ0v) is 27.3. The molecule has 0 saturated heterocycles. The fourth-order valence-electron chi connectivity index (χ4n) is 7.73. The summed E-state index contributed by atoms with van der Waals surface area (Å²) in [5, 5.41) is 7.03. The maximum Gasteiger partial charge on any atom is 0.160 e. The summed E-state index contributed by atoms with van der Waals surface area (Å²) in [6.07, 6.45) is 0. The first kappa shape index (κ1) is 27.9. The molecule has 51 heavy (non-hydrogen) atoms. The quantitative estimate of drug-likeness (QED) is 0.206. The van der Waals surface area contributed by atoms with Crippen LogP contribution in [-0.4, -0.2) is 19.5 Å². The number of para-hydroxylation sites is 2. The van der Waals surface area contributed by atoms with Crippen LogP contribution in [0.2, 0.25) is 0 Å². The molecule has 238 valence electrons. The SMILES string of the molecule is c1ccc(-c2cc(-c3ccccc3)nc(-c3cccc(-n4c5cc6[nH]c7ccccc7c6cc5c5cc6c(cc54)oc4ccccc46)c3)n2)cc1. The highest BCUT2D eigenvalue weighted by Crippen LogP contribution is 2.41. The third-order valence-electron chi connectivity index (χ3n) is 10.1. The van der Waals surface area contributed by atoms with E-state index in [1.807, 2.05) is 48.5 Å². The van der Waals surface area contributed by atoms with Crippen molar-refractivity contribution >= 4 is 65.6 Å². The van der Waals surface area contributed by atoms with Crippen LogP contribution in [0.1, 0.15) is 0 Å². The van der Waals surface area contributed by atoms with Crippen LogP contribution in [-0.2, 0) is 0 Å². The molecule has 11 rings (SSSR count). The molecule has 5 heteroatoms. The molecule has 11 aromatic rings. The minimum absolute atomic E-state index is 0.676. The lowest BCUT2D eigenvalue weighted by molar-refractivity contribution is 0.669. The van der Waals surface area contributed by atoms with Gasteiger partial charge in [-0.3, -0.25) is 0 Å². The van der Waals surface area contributed by atoms with Gasteiger partial charge in [0.25, 0.3) is 0 Å². The number of nitrogens with zero attached hydrogens (tertiary/aromatic N) is 3. The van der Waals surface area contributed by atoms with E-state index < -0.39 is 0 Å². The molecule has 5 nitrogen and oxygen atoms in total. The van der Waals surface area contributed by atoms with Crippen LogP contribution in [0.3, 0.4) is 0 Å². The molecule has 0 aliphatic rings. The Morgan fingerprint density at radius 3 is 1.80 bits per heavy atom. The molecular formula is C46H28N4O. The summed E-state index contributed by atoms with van der Waals surface area (Å²) in [5.41, 5.74) is 12.0. The molecule has 7 aromatic carbocycles. The van der Waals surface area contributed by atoms with E-state index in [9.17, 15) is 0 Å². The van der Waals surface area contributed by atoms with Gasteiger partial charge in [-0.2, -0.15) is 0 Å². The third-order valence-corrected chi connectivity index (χ3v) is 10.1. The largest absolute Gasteiger partial charge is 0.456 e. The molecule has 0 radical (unpaired) electrons. The number of fused-ring (bicyclic) bond motifs is 9. The topological polar surface area (TPSA) is 59.6 Å². The Hall–Kier alpha value is -6.98. The number of rotatable bonds is 4. The second-order valence-corrected chi connectivity index (χ2v) is 13.1. The first-order chi connectivity index (χ1) is 25.2. The van der Waals surface area contributed by atoms with Crippen molar-refractivity contribution in [3.8, 4) is 39.6 Å². The summed E-state index contributed by atoms with van der Waals surface area (Å²) in [6, 6.07) is 57.2. The Bertz CT molecular complexity index is 2950. The van der Waals surface area contributed by atoms with Crippen LogP contribution >= 0.6 is 0 Å². The fraction of sp³-hybridized carbons (Fsp3) is 0. The molecule has 0 atom stereocenters. The summed E-state index contributed by atoms with van der Waals surface area (Å²) in [6.45, 7) is 0. The number of hydrogen-bond acceptors (Lipinski definition) is 3. The van der Waals surface area contributed by atoms with E-state index in [0.717, 1.165) is 77.8 Å². The second kappa shape index (κ2) is 10.8. The van der Waals surface area contributed by atoms with Gasteiger partial charge in [0, 0.05) is 71.8 Å². The highest BCUT2D eigenvalue weighted by molar-refractivity contribution is 6.21. The lowest BCUT2D eigenvalue weighted by Gasteiger charge is -2.12. The third kappa shape index (κ3) is 4.35. The first-order valence-electron chi connectivity index (χ1n) is 17.2. The highest BCUT2D eigenvalue weighted by atomic mass is 16.3. The lowest BCUT2D eigenvalue weighted by atomic mass is 10.1. The first-order valence-corrected chi connectivity index (χ1v) is 17.2. The van der Waals surface area contributed by atoms with Crippen molar-refractivity contribution in [2.75, 3.05) is 0 Å². The van der Waals surface area contributed by atoms with E-state index in [2.05, 4.69) is 125 Å². The van der Waals surface area contributed by atoms with Crippen LogP contribution in [0.4, 0.5) is 0 Å². The molecule has 0 aliphatic carbocycles. The molecule has 0 saturated carbocycles. The number of hydrogen-bond donors (Lipinski definition) is 1. The molecule has 4 aromatic heterocycles. The summed E-state index contributed by atoms with van der Waals surface area (Å²) >= 11 is 0. The number of furan rings is 1. The van der Waals surface area contributed by atoms with Gasteiger partial charge in [-0.1, -0.05) is 109 Å². The van der Waals surface area contributed by atoms with Crippen LogP contribution in [0.25, 0.3) is 105 Å². The lowest BCUT2D eigenvalue weighted by Crippen LogP contribution is -1.98. The minimum atomic E-state index is 0.676. The number of aromatic amines is 1. The maximum absolute atomic E-state index is 6.43. The molecule has 0 unspecified atom stereocenters. The van der Waals surface area contributed by atoms with Gasteiger partial charge in [0.05, 0.1) is 22.4 Å². The van der Waals surface area contributed by atoms with Crippen molar-refractivity contribution in [1.82, 2.24) is 19.5 Å². The molecular weight excluding hydrogens is 625 g/mol. The smallest absolute Gasteiger partial charge is 0.160 e. The Morgan fingerprint density at radius 1 is 0.412 bits per heavy atom. The van der Waals surface area contributed by atoms with Gasteiger partial charge >= 0.3 is 0 Å². The van der Waals surface area contributed by atoms with Gasteiger partial charge in [0.1, 0.15) is 11.2 Å². The Balaban J connectivity index is 1.18. The van der Waals surface area contributed by atoms with Gasteiger partial charge in [0.2, 0.25) is 0 Å². The second-order valence-electron chi connectivity index (χ2n) is 13.1. The van der Waals surface area contributed by atoms with Crippen molar-refractivity contribution in [1.29, 1.82) is 0 Å². The minimum Gasteiger partial charge on any atom is -0.456 e. The summed E-state index contributed by atoms with van der Waals surface area (Å²) < 4.78 is 8.78. The zero-order chi connectivity index (χ0) is 33.5. The van der Waals surface area contributed by atoms with Crippen molar-refractivity contribution < 1.29 is 4.42 Å². The summed E-state index contributed by atoms with van der Waals surface area (Å²) in [7, 11) is 0. The van der Waals surface area contributed by atoms with Crippen LogP contribution in [0, 0.1) is 0 Å². The monoisotopic (exact) mass is 652 g/mol. The molecule has 0 fully saturated rings. The van der Waals surface area contributed by atoms with Gasteiger partial charge < -0.3 is 14.0 Å².